The Hall–Kier alpha value is -2.52. The van der Waals surface area contributed by atoms with Crippen molar-refractivity contribution >= 4 is 41.7 Å². The number of fused-ring (bicyclic) bond motifs is 4. The highest BCUT2D eigenvalue weighted by atomic mass is 35.5. The van der Waals surface area contributed by atoms with E-state index in [2.05, 4.69) is 33.6 Å². The summed E-state index contributed by atoms with van der Waals surface area (Å²) in [4.78, 5) is 28.9. The van der Waals surface area contributed by atoms with Crippen LogP contribution in [0.5, 0.6) is 5.75 Å². The summed E-state index contributed by atoms with van der Waals surface area (Å²) in [5, 5.41) is 20.9. The van der Waals surface area contributed by atoms with E-state index in [0.29, 0.717) is 17.7 Å². The van der Waals surface area contributed by atoms with Gasteiger partial charge in [-0.05, 0) is 49.4 Å². The van der Waals surface area contributed by atoms with Crippen LogP contribution in [0.1, 0.15) is 40.0 Å². The van der Waals surface area contributed by atoms with Crippen molar-refractivity contribution in [3.63, 3.8) is 0 Å². The van der Waals surface area contributed by atoms with Gasteiger partial charge in [0.05, 0.1) is 5.69 Å². The lowest BCUT2D eigenvalue weighted by atomic mass is 9.98. The number of aromatic amines is 1. The van der Waals surface area contributed by atoms with Gasteiger partial charge >= 0.3 is 5.97 Å². The molecule has 33 heavy (non-hydrogen) atoms. The number of pyridine rings is 1. The summed E-state index contributed by atoms with van der Waals surface area (Å²) in [5.41, 5.74) is 9.96. The normalized spacial score (nSPS) is 17.6. The van der Waals surface area contributed by atoms with Crippen LogP contribution in [0, 0.1) is 0 Å². The Morgan fingerprint density at radius 3 is 2.67 bits per heavy atom. The van der Waals surface area contributed by atoms with Gasteiger partial charge in [0.25, 0.3) is 5.56 Å². The molecule has 0 saturated carbocycles. The lowest BCUT2D eigenvalue weighted by Gasteiger charge is -2.15. The summed E-state index contributed by atoms with van der Waals surface area (Å²) in [7, 11) is 2.07. The number of benzene rings is 1. The van der Waals surface area contributed by atoms with Gasteiger partial charge in [0.1, 0.15) is 5.75 Å². The second-order valence-electron chi connectivity index (χ2n) is 8.74. The summed E-state index contributed by atoms with van der Waals surface area (Å²) >= 11 is 0. The fourth-order valence-electron chi connectivity index (χ4n) is 5.07. The van der Waals surface area contributed by atoms with Gasteiger partial charge in [-0.1, -0.05) is 0 Å². The molecule has 1 atom stereocenters. The molecule has 1 saturated heterocycles. The number of nitrogens with zero attached hydrogens (tertiary/aromatic N) is 2. The maximum atomic E-state index is 12.4. The number of carboxylic acid groups (broad SMARTS) is 1. The zero-order chi connectivity index (χ0) is 21.9. The lowest BCUT2D eigenvalue weighted by molar-refractivity contribution is 0.0691. The number of carbonyl (C=O) groups is 1. The van der Waals surface area contributed by atoms with E-state index in [-0.39, 0.29) is 30.9 Å². The molecule has 1 aliphatic carbocycles. The number of aromatic hydroxyl groups is 1. The smallest absolute Gasteiger partial charge is 0.345 e. The van der Waals surface area contributed by atoms with Gasteiger partial charge in [-0.15, -0.1) is 24.8 Å². The number of halogens is 2. The third-order valence-corrected chi connectivity index (χ3v) is 6.71. The summed E-state index contributed by atoms with van der Waals surface area (Å²) in [6.07, 6.45) is 3.06. The second kappa shape index (κ2) is 9.38. The van der Waals surface area contributed by atoms with Crippen LogP contribution in [0.15, 0.2) is 23.0 Å². The molecule has 3 aromatic rings. The fraction of sp³-hybridized carbons (Fsp3) is 0.391. The van der Waals surface area contributed by atoms with Crippen LogP contribution in [-0.4, -0.2) is 49.8 Å². The average molecular weight is 495 g/mol. The van der Waals surface area contributed by atoms with Crippen molar-refractivity contribution in [2.24, 2.45) is 12.8 Å². The quantitative estimate of drug-likeness (QED) is 0.443. The number of nitrogens with two attached hydrogens (primary N) is 1. The Labute approximate surface area is 203 Å². The maximum absolute atomic E-state index is 12.4. The molecule has 3 heterocycles. The highest BCUT2D eigenvalue weighted by Gasteiger charge is 2.26. The number of nitrogens with one attached hydrogen (secondary N) is 1. The number of rotatable bonds is 3. The molecule has 178 valence electrons. The molecule has 0 spiro atoms. The minimum atomic E-state index is -1.42. The Balaban J connectivity index is 0.00000153. The Kier molecular flexibility index (Phi) is 7.14. The predicted molar refractivity (Wildman–Crippen MR) is 132 cm³/mol. The van der Waals surface area contributed by atoms with Gasteiger partial charge in [-0.3, -0.25) is 9.69 Å². The summed E-state index contributed by atoms with van der Waals surface area (Å²) in [5.74, 6) is -1.84. The van der Waals surface area contributed by atoms with Gasteiger partial charge in [0, 0.05) is 60.4 Å². The topological polar surface area (TPSA) is 125 Å². The van der Waals surface area contributed by atoms with Crippen LogP contribution >= 0.6 is 24.8 Å². The van der Waals surface area contributed by atoms with E-state index < -0.39 is 22.8 Å². The average Bonchev–Trinajstić information content (AvgIpc) is 3.19. The maximum Gasteiger partial charge on any atom is 0.345 e. The van der Waals surface area contributed by atoms with Gasteiger partial charge in [0.2, 0.25) is 0 Å². The third-order valence-electron chi connectivity index (χ3n) is 6.71. The summed E-state index contributed by atoms with van der Waals surface area (Å²) < 4.78 is 2.21. The van der Waals surface area contributed by atoms with Crippen LogP contribution in [0.25, 0.3) is 22.2 Å². The summed E-state index contributed by atoms with van der Waals surface area (Å²) in [6.45, 7) is 2.73. The number of hydrogen-bond acceptors (Lipinski definition) is 5. The van der Waals surface area contributed by atoms with Crippen molar-refractivity contribution in [1.82, 2.24) is 14.5 Å². The van der Waals surface area contributed by atoms with Gasteiger partial charge in [0.15, 0.2) is 5.56 Å². The van der Waals surface area contributed by atoms with Gasteiger partial charge in [-0.2, -0.15) is 0 Å². The van der Waals surface area contributed by atoms with E-state index in [1.54, 1.807) is 0 Å². The molecule has 2 aromatic heterocycles. The molecular formula is C23H28Cl2N4O4. The zero-order valence-electron chi connectivity index (χ0n) is 18.3. The van der Waals surface area contributed by atoms with Crippen molar-refractivity contribution in [3.8, 4) is 17.0 Å². The van der Waals surface area contributed by atoms with Crippen LogP contribution in [0.2, 0.25) is 0 Å². The number of aromatic carboxylic acids is 1. The number of hydrogen-bond donors (Lipinski definition) is 4. The fourth-order valence-corrected chi connectivity index (χ4v) is 5.07. The van der Waals surface area contributed by atoms with E-state index in [1.165, 1.54) is 5.69 Å². The molecule has 1 fully saturated rings. The first-order valence-corrected chi connectivity index (χ1v) is 10.6. The first-order chi connectivity index (χ1) is 14.8. The van der Waals surface area contributed by atoms with Crippen molar-refractivity contribution in [3.05, 3.63) is 50.9 Å². The molecule has 1 aromatic carbocycles. The summed E-state index contributed by atoms with van der Waals surface area (Å²) in [6, 6.07) is 6.60. The molecule has 5 N–H and O–H groups in total. The molecule has 8 nitrogen and oxygen atoms in total. The number of likely N-dealkylation sites (tertiary alicyclic amines) is 1. The third kappa shape index (κ3) is 4.24. The highest BCUT2D eigenvalue weighted by molar-refractivity contribution is 5.93. The minimum absolute atomic E-state index is 0. The molecule has 2 aliphatic rings. The number of carboxylic acids is 1. The van der Waals surface area contributed by atoms with E-state index in [4.69, 9.17) is 5.73 Å². The van der Waals surface area contributed by atoms with Gasteiger partial charge in [-0.25, -0.2) is 4.79 Å². The lowest BCUT2D eigenvalue weighted by Crippen LogP contribution is -2.26. The van der Waals surface area contributed by atoms with Crippen LogP contribution < -0.4 is 11.3 Å². The monoisotopic (exact) mass is 494 g/mol. The van der Waals surface area contributed by atoms with Crippen LogP contribution in [-0.2, 0) is 26.4 Å². The van der Waals surface area contributed by atoms with E-state index in [0.717, 1.165) is 60.9 Å². The predicted octanol–water partition coefficient (Wildman–Crippen LogP) is 2.80. The Morgan fingerprint density at radius 1 is 1.24 bits per heavy atom. The minimum Gasteiger partial charge on any atom is -0.506 e. The van der Waals surface area contributed by atoms with E-state index in [1.807, 2.05) is 6.07 Å². The highest BCUT2D eigenvalue weighted by Crippen LogP contribution is 2.38. The standard InChI is InChI=1S/C23H26N4O4.2ClH/c1-26-15(11-27-6-5-14(24)10-27)7-13-8-17-12(9-18(13)26)3-2-4-16-20(17)25-22(29)19(21(16)28)23(30)31;;/h7-9,14H,2-6,10-11,24H2,1H3,(H,30,31)(H2,25,28,29);2*1H. The number of aryl methyl sites for hydroxylation is 2. The number of aromatic nitrogens is 2. The molecule has 1 aliphatic heterocycles. The molecule has 0 radical (unpaired) electrons. The van der Waals surface area contributed by atoms with Crippen molar-refractivity contribution in [2.45, 2.75) is 38.3 Å². The molecule has 0 amide bonds. The zero-order valence-corrected chi connectivity index (χ0v) is 19.9. The Morgan fingerprint density at radius 2 is 2.00 bits per heavy atom. The molecule has 0 bridgehead atoms. The SMILES string of the molecule is Cl.Cl.Cn1c(CN2CCC(N)C2)cc2cc3c(cc21)CCCc1c-3[nH]c(=O)c(C(=O)O)c1O. The van der Waals surface area contributed by atoms with Crippen LogP contribution in [0.4, 0.5) is 0 Å². The van der Waals surface area contributed by atoms with Crippen molar-refractivity contribution < 1.29 is 15.0 Å². The van der Waals surface area contributed by atoms with Crippen LogP contribution in [0.3, 0.4) is 0 Å². The first kappa shape index (κ1) is 25.1. The molecular weight excluding hydrogens is 467 g/mol. The molecule has 10 heteroatoms. The van der Waals surface area contributed by atoms with Gasteiger partial charge < -0.3 is 25.5 Å². The first-order valence-electron chi connectivity index (χ1n) is 10.6. The van der Waals surface area contributed by atoms with Crippen molar-refractivity contribution in [2.75, 3.05) is 13.1 Å². The molecule has 5 rings (SSSR count). The largest absolute Gasteiger partial charge is 0.506 e. The second-order valence-corrected chi connectivity index (χ2v) is 8.74. The van der Waals surface area contributed by atoms with E-state index >= 15 is 0 Å². The number of H-pyrrole nitrogens is 1. The van der Waals surface area contributed by atoms with Crippen molar-refractivity contribution in [1.29, 1.82) is 0 Å². The van der Waals surface area contributed by atoms with E-state index in [9.17, 15) is 19.8 Å². The Bertz CT molecular complexity index is 1280. The molecule has 1 unspecified atom stereocenters.